The van der Waals surface area contributed by atoms with Crippen molar-refractivity contribution in [3.8, 4) is 0 Å². The maximum absolute atomic E-state index is 4.47. The number of benzene rings is 1. The van der Waals surface area contributed by atoms with Crippen LogP contribution >= 0.6 is 0 Å². The molecule has 0 atom stereocenters. The molecule has 100 valence electrons. The van der Waals surface area contributed by atoms with Crippen LogP contribution in [0, 0.1) is 6.92 Å². The van der Waals surface area contributed by atoms with Crippen LogP contribution in [0.2, 0.25) is 0 Å². The molecule has 4 nitrogen and oxygen atoms in total. The van der Waals surface area contributed by atoms with E-state index in [1.807, 2.05) is 6.07 Å². The second-order valence-electron chi connectivity index (χ2n) is 4.50. The summed E-state index contributed by atoms with van der Waals surface area (Å²) in [4.78, 5) is 8.66. The Morgan fingerprint density at radius 3 is 2.53 bits per heavy atom. The normalized spacial score (nSPS) is 10.2. The van der Waals surface area contributed by atoms with Crippen molar-refractivity contribution in [1.82, 2.24) is 9.97 Å². The molecule has 0 amide bonds. The summed E-state index contributed by atoms with van der Waals surface area (Å²) in [6, 6.07) is 8.33. The smallest absolute Gasteiger partial charge is 0.147 e. The van der Waals surface area contributed by atoms with Crippen molar-refractivity contribution in [1.29, 1.82) is 0 Å². The lowest BCUT2D eigenvalue weighted by Crippen LogP contribution is -2.07. The first-order valence-corrected chi connectivity index (χ1v) is 6.64. The Balaban J connectivity index is 1.98. The van der Waals surface area contributed by atoms with Gasteiger partial charge in [0.25, 0.3) is 0 Å². The highest BCUT2D eigenvalue weighted by Gasteiger charge is 2.00. The van der Waals surface area contributed by atoms with E-state index in [9.17, 15) is 0 Å². The van der Waals surface area contributed by atoms with Gasteiger partial charge in [0.15, 0.2) is 0 Å². The Hall–Kier alpha value is -2.10. The predicted octanol–water partition coefficient (Wildman–Crippen LogP) is 3.22. The minimum absolute atomic E-state index is 0.762. The van der Waals surface area contributed by atoms with Crippen LogP contribution in [-0.2, 0) is 6.54 Å². The lowest BCUT2D eigenvalue weighted by molar-refractivity contribution is 0.962. The molecule has 0 radical (unpaired) electrons. The minimum Gasteiger partial charge on any atom is -0.369 e. The molecule has 0 aliphatic rings. The van der Waals surface area contributed by atoms with Crippen LogP contribution in [0.25, 0.3) is 0 Å². The van der Waals surface area contributed by atoms with Crippen molar-refractivity contribution in [2.45, 2.75) is 26.8 Å². The van der Waals surface area contributed by atoms with Gasteiger partial charge in [0.2, 0.25) is 0 Å². The third-order valence-electron chi connectivity index (χ3n) is 2.91. The van der Waals surface area contributed by atoms with E-state index in [0.29, 0.717) is 0 Å². The lowest BCUT2D eigenvalue weighted by atomic mass is 10.1. The molecule has 0 spiro atoms. The fraction of sp³-hybridized carbons (Fsp3) is 0.333. The molecule has 0 aliphatic heterocycles. The highest BCUT2D eigenvalue weighted by molar-refractivity contribution is 5.42. The average molecular weight is 256 g/mol. The highest BCUT2D eigenvalue weighted by atomic mass is 15.1. The number of hydrogen-bond donors (Lipinski definition) is 2. The first-order chi connectivity index (χ1) is 9.29. The van der Waals surface area contributed by atoms with Crippen LogP contribution in [0.1, 0.15) is 24.5 Å². The summed E-state index contributed by atoms with van der Waals surface area (Å²) >= 11 is 0. The van der Waals surface area contributed by atoms with Crippen molar-refractivity contribution in [3.05, 3.63) is 47.8 Å². The maximum Gasteiger partial charge on any atom is 0.147 e. The van der Waals surface area contributed by atoms with Gasteiger partial charge < -0.3 is 10.6 Å². The van der Waals surface area contributed by atoms with E-state index in [1.165, 1.54) is 11.1 Å². The van der Waals surface area contributed by atoms with Crippen LogP contribution in [0.5, 0.6) is 0 Å². The molecule has 1 aromatic carbocycles. The van der Waals surface area contributed by atoms with Gasteiger partial charge in [0.05, 0.1) is 12.4 Å². The van der Waals surface area contributed by atoms with Crippen LogP contribution in [0.15, 0.2) is 36.7 Å². The molecule has 0 bridgehead atoms. The number of aromatic nitrogens is 2. The van der Waals surface area contributed by atoms with E-state index in [4.69, 9.17) is 0 Å². The Bertz CT molecular complexity index is 525. The SMILES string of the molecule is CCCNc1cncc(NCc2ccccc2C)n1. The predicted molar refractivity (Wildman–Crippen MR) is 79.3 cm³/mol. The molecule has 0 unspecified atom stereocenters. The lowest BCUT2D eigenvalue weighted by Gasteiger charge is -2.09. The molecule has 1 aromatic heterocycles. The number of nitrogens with one attached hydrogen (secondary N) is 2. The molecular formula is C15H20N4. The highest BCUT2D eigenvalue weighted by Crippen LogP contribution is 2.11. The van der Waals surface area contributed by atoms with Crippen molar-refractivity contribution < 1.29 is 0 Å². The van der Waals surface area contributed by atoms with E-state index in [2.05, 4.69) is 52.6 Å². The molecule has 0 saturated carbocycles. The zero-order valence-electron chi connectivity index (χ0n) is 11.5. The molecule has 2 rings (SSSR count). The molecule has 2 aromatic rings. The molecule has 0 aliphatic carbocycles. The Kier molecular flexibility index (Phi) is 4.72. The van der Waals surface area contributed by atoms with E-state index in [1.54, 1.807) is 12.4 Å². The van der Waals surface area contributed by atoms with E-state index >= 15 is 0 Å². The minimum atomic E-state index is 0.762. The van der Waals surface area contributed by atoms with E-state index in [-0.39, 0.29) is 0 Å². The van der Waals surface area contributed by atoms with Gasteiger partial charge in [-0.3, -0.25) is 4.98 Å². The second kappa shape index (κ2) is 6.73. The summed E-state index contributed by atoms with van der Waals surface area (Å²) in [5, 5.41) is 6.54. The van der Waals surface area contributed by atoms with E-state index in [0.717, 1.165) is 31.1 Å². The zero-order chi connectivity index (χ0) is 13.5. The van der Waals surface area contributed by atoms with Crippen LogP contribution in [-0.4, -0.2) is 16.5 Å². The summed E-state index contributed by atoms with van der Waals surface area (Å²) in [5.41, 5.74) is 2.56. The quantitative estimate of drug-likeness (QED) is 0.833. The Morgan fingerprint density at radius 1 is 1.05 bits per heavy atom. The number of aryl methyl sites for hydroxylation is 1. The van der Waals surface area contributed by atoms with Gasteiger partial charge in [-0.25, -0.2) is 4.98 Å². The van der Waals surface area contributed by atoms with Gasteiger partial charge in [0.1, 0.15) is 11.6 Å². The van der Waals surface area contributed by atoms with Gasteiger partial charge in [-0.1, -0.05) is 31.2 Å². The van der Waals surface area contributed by atoms with Crippen LogP contribution < -0.4 is 10.6 Å². The van der Waals surface area contributed by atoms with Crippen LogP contribution in [0.3, 0.4) is 0 Å². The molecule has 1 heterocycles. The van der Waals surface area contributed by atoms with Gasteiger partial charge in [0, 0.05) is 13.1 Å². The summed E-state index contributed by atoms with van der Waals surface area (Å²) < 4.78 is 0. The van der Waals surface area contributed by atoms with Crippen molar-refractivity contribution >= 4 is 11.6 Å². The first kappa shape index (κ1) is 13.3. The summed E-state index contributed by atoms with van der Waals surface area (Å²) in [6.07, 6.45) is 4.56. The first-order valence-electron chi connectivity index (χ1n) is 6.64. The van der Waals surface area contributed by atoms with Gasteiger partial charge in [-0.2, -0.15) is 0 Å². The zero-order valence-corrected chi connectivity index (χ0v) is 11.5. The summed E-state index contributed by atoms with van der Waals surface area (Å²) in [7, 11) is 0. The number of nitrogens with zero attached hydrogens (tertiary/aromatic N) is 2. The fourth-order valence-corrected chi connectivity index (χ4v) is 1.78. The van der Waals surface area contributed by atoms with Crippen molar-refractivity contribution in [2.75, 3.05) is 17.2 Å². The number of hydrogen-bond acceptors (Lipinski definition) is 4. The molecular weight excluding hydrogens is 236 g/mol. The molecule has 2 N–H and O–H groups in total. The number of anilines is 2. The topological polar surface area (TPSA) is 49.8 Å². The maximum atomic E-state index is 4.47. The van der Waals surface area contributed by atoms with Crippen molar-refractivity contribution in [3.63, 3.8) is 0 Å². The van der Waals surface area contributed by atoms with Crippen LogP contribution in [0.4, 0.5) is 11.6 Å². The Morgan fingerprint density at radius 2 is 1.79 bits per heavy atom. The standard InChI is InChI=1S/C15H20N4/c1-3-8-17-14-10-16-11-15(19-14)18-9-13-7-5-4-6-12(13)2/h4-7,10-11H,3,8-9H2,1-2H3,(H2,17,18,19). The van der Waals surface area contributed by atoms with Gasteiger partial charge in [-0.05, 0) is 24.5 Å². The Labute approximate surface area is 114 Å². The second-order valence-corrected chi connectivity index (χ2v) is 4.50. The summed E-state index contributed by atoms with van der Waals surface area (Å²) in [6.45, 7) is 5.91. The molecule has 4 heteroatoms. The largest absolute Gasteiger partial charge is 0.369 e. The molecule has 0 fully saturated rings. The third kappa shape index (κ3) is 3.95. The third-order valence-corrected chi connectivity index (χ3v) is 2.91. The molecule has 19 heavy (non-hydrogen) atoms. The number of rotatable bonds is 6. The average Bonchev–Trinajstić information content (AvgIpc) is 2.45. The van der Waals surface area contributed by atoms with Gasteiger partial charge >= 0.3 is 0 Å². The molecule has 0 saturated heterocycles. The summed E-state index contributed by atoms with van der Waals surface area (Å²) in [5.74, 6) is 1.61. The van der Waals surface area contributed by atoms with E-state index < -0.39 is 0 Å². The monoisotopic (exact) mass is 256 g/mol. The fourth-order valence-electron chi connectivity index (χ4n) is 1.78. The van der Waals surface area contributed by atoms with Gasteiger partial charge in [-0.15, -0.1) is 0 Å². The van der Waals surface area contributed by atoms with Crippen molar-refractivity contribution in [2.24, 2.45) is 0 Å².